The summed E-state index contributed by atoms with van der Waals surface area (Å²) in [4.78, 5) is 44.4. The van der Waals surface area contributed by atoms with Crippen molar-refractivity contribution >= 4 is 39.6 Å². The fraction of sp³-hybridized carbons (Fsp3) is 0.225. The molecule has 8 rings (SSSR count). The summed E-state index contributed by atoms with van der Waals surface area (Å²) in [6.45, 7) is -0.737. The summed E-state index contributed by atoms with van der Waals surface area (Å²) in [5.41, 5.74) is 4.43. The Hall–Kier alpha value is -6.84. The van der Waals surface area contributed by atoms with Gasteiger partial charge in [-0.05, 0) is 108 Å². The van der Waals surface area contributed by atoms with Crippen LogP contribution in [0.2, 0.25) is 0 Å². The average molecular weight is 763 g/mol. The van der Waals surface area contributed by atoms with E-state index in [-0.39, 0.29) is 29.2 Å². The van der Waals surface area contributed by atoms with Crippen molar-refractivity contribution < 1.29 is 37.4 Å². The van der Waals surface area contributed by atoms with Crippen molar-refractivity contribution in [2.75, 3.05) is 6.54 Å². The molecule has 0 atom stereocenters. The van der Waals surface area contributed by atoms with Gasteiger partial charge in [-0.25, -0.2) is 4.98 Å². The predicted octanol–water partition coefficient (Wildman–Crippen LogP) is 7.68. The Morgan fingerprint density at radius 2 is 1.70 bits per heavy atom. The number of aromatic amines is 2. The van der Waals surface area contributed by atoms with Crippen LogP contribution < -0.4 is 10.1 Å². The van der Waals surface area contributed by atoms with Crippen LogP contribution in [0.5, 0.6) is 5.75 Å². The number of hydrogen-bond acceptors (Lipinski definition) is 8. The highest BCUT2D eigenvalue weighted by molar-refractivity contribution is 6.11. The lowest BCUT2D eigenvalue weighted by Crippen LogP contribution is -2.29. The predicted molar refractivity (Wildman–Crippen MR) is 199 cm³/mol. The summed E-state index contributed by atoms with van der Waals surface area (Å²) in [6, 6.07) is 22.2. The van der Waals surface area contributed by atoms with Crippen molar-refractivity contribution in [2.45, 2.75) is 50.9 Å². The number of aliphatic carboxylic acids is 1. The number of carboxylic acid groups (broad SMARTS) is 1. The zero-order chi connectivity index (χ0) is 39.0. The third-order valence-corrected chi connectivity index (χ3v) is 9.99. The number of rotatable bonds is 11. The summed E-state index contributed by atoms with van der Waals surface area (Å²) >= 11 is 0. The number of alkyl halides is 3. The van der Waals surface area contributed by atoms with Gasteiger partial charge in [-0.3, -0.25) is 14.4 Å². The molecule has 1 saturated carbocycles. The van der Waals surface area contributed by atoms with Gasteiger partial charge in [-0.1, -0.05) is 25.3 Å². The lowest BCUT2D eigenvalue weighted by molar-refractivity contribution is -0.135. The topological polar surface area (TPSA) is 181 Å². The van der Waals surface area contributed by atoms with Gasteiger partial charge >= 0.3 is 12.1 Å². The maximum Gasteiger partial charge on any atom is 0.454 e. The lowest BCUT2D eigenvalue weighted by atomic mass is 9.93. The second kappa shape index (κ2) is 14.8. The Balaban J connectivity index is 1.12. The molecule has 1 fully saturated rings. The van der Waals surface area contributed by atoms with Gasteiger partial charge in [-0.15, -0.1) is 10.2 Å². The summed E-state index contributed by atoms with van der Waals surface area (Å²) < 4.78 is 49.5. The number of halogens is 3. The number of fused-ring (bicyclic) bond motifs is 2. The fourth-order valence-corrected chi connectivity index (χ4v) is 7.35. The number of hydrogen-bond donors (Lipinski definition) is 4. The molecule has 284 valence electrons. The number of carboxylic acids is 1. The molecule has 3 heterocycles. The number of nitrogens with zero attached hydrogens (tertiary/aromatic N) is 5. The highest BCUT2D eigenvalue weighted by atomic mass is 19.4. The van der Waals surface area contributed by atoms with Crippen LogP contribution in [0.15, 0.2) is 85.1 Å². The van der Waals surface area contributed by atoms with Gasteiger partial charge in [0.05, 0.1) is 11.0 Å². The van der Waals surface area contributed by atoms with Crippen LogP contribution in [0.1, 0.15) is 64.4 Å². The number of aromatic nitrogens is 7. The molecule has 0 radical (unpaired) electrons. The Labute approximate surface area is 315 Å². The second-order valence-electron chi connectivity index (χ2n) is 13.6. The van der Waals surface area contributed by atoms with Gasteiger partial charge in [0.1, 0.15) is 24.7 Å². The number of H-pyrrole nitrogens is 2. The van der Waals surface area contributed by atoms with E-state index in [0.717, 1.165) is 53.7 Å². The minimum atomic E-state index is -5.11. The molecule has 0 spiro atoms. The third kappa shape index (κ3) is 7.20. The fourth-order valence-electron chi connectivity index (χ4n) is 7.35. The van der Waals surface area contributed by atoms with Gasteiger partial charge < -0.3 is 24.7 Å². The number of nitrogens with one attached hydrogen (secondary N) is 3. The largest absolute Gasteiger partial charge is 0.489 e. The average Bonchev–Trinajstić information content (AvgIpc) is 3.99. The molecular weight excluding hydrogens is 729 g/mol. The van der Waals surface area contributed by atoms with E-state index in [1.165, 1.54) is 42.9 Å². The first kappa shape index (κ1) is 36.2. The van der Waals surface area contributed by atoms with E-state index in [9.17, 15) is 27.6 Å². The Morgan fingerprint density at radius 3 is 2.43 bits per heavy atom. The Morgan fingerprint density at radius 1 is 0.911 bits per heavy atom. The van der Waals surface area contributed by atoms with Crippen molar-refractivity contribution in [3.63, 3.8) is 0 Å². The number of carbonyl (C=O) groups is 3. The number of benzene rings is 4. The molecule has 3 aromatic heterocycles. The second-order valence-corrected chi connectivity index (χ2v) is 13.6. The van der Waals surface area contributed by atoms with Crippen molar-refractivity contribution in [1.29, 1.82) is 0 Å². The van der Waals surface area contributed by atoms with E-state index >= 15 is 0 Å². The van der Waals surface area contributed by atoms with Crippen LogP contribution in [-0.2, 0) is 11.4 Å². The van der Waals surface area contributed by atoms with E-state index in [1.807, 2.05) is 30.3 Å². The van der Waals surface area contributed by atoms with Crippen molar-refractivity contribution in [1.82, 2.24) is 40.5 Å². The summed E-state index contributed by atoms with van der Waals surface area (Å²) in [5, 5.41) is 25.9. The van der Waals surface area contributed by atoms with Crippen LogP contribution in [-0.4, -0.2) is 70.6 Å². The number of amides is 1. The number of ketones is 1. The summed E-state index contributed by atoms with van der Waals surface area (Å²) in [6.07, 6.45) is 1.85. The van der Waals surface area contributed by atoms with E-state index in [4.69, 9.17) is 14.8 Å². The number of carbonyl (C=O) groups excluding carboxylic acids is 2. The van der Waals surface area contributed by atoms with E-state index < -0.39 is 35.9 Å². The molecule has 7 aromatic rings. The summed E-state index contributed by atoms with van der Waals surface area (Å²) in [5.74, 6) is -2.15. The zero-order valence-electron chi connectivity index (χ0n) is 29.6. The van der Waals surface area contributed by atoms with Crippen LogP contribution in [0, 0.1) is 0 Å². The number of ether oxygens (including phenoxy) is 1. The Bertz CT molecular complexity index is 2590. The highest BCUT2D eigenvalue weighted by Crippen LogP contribution is 2.38. The van der Waals surface area contributed by atoms with Gasteiger partial charge in [-0.2, -0.15) is 18.4 Å². The van der Waals surface area contributed by atoms with Gasteiger partial charge in [0.15, 0.2) is 0 Å². The van der Waals surface area contributed by atoms with Crippen LogP contribution in [0.25, 0.3) is 55.8 Å². The standard InChI is InChI=1S/C40H33F3N8O5/c41-40(42,43)36(54)31-17-25(19-32-30(31)14-15-44-32)29-12-8-24(39(55)45-20-35(52)53)16-26(29)21-56-28-10-6-22(7-11-28)38-46-33-18-23(37-47-49-50-48-37)9-13-34(33)51(38)27-4-2-1-3-5-27/h6-19,27,44H,1-5,20-21H2,(H,45,55)(H,52,53)(H,47,48,49,50). The van der Waals surface area contributed by atoms with E-state index in [0.29, 0.717) is 28.2 Å². The molecule has 1 amide bonds. The first-order valence-electron chi connectivity index (χ1n) is 17.9. The number of Topliss-reactive ketones (excluding diaryl/α,β-unsaturated/α-hetero) is 1. The third-order valence-electron chi connectivity index (χ3n) is 9.99. The molecule has 0 unspecified atom stereocenters. The first-order chi connectivity index (χ1) is 27.0. The maximum atomic E-state index is 13.7. The van der Waals surface area contributed by atoms with Gasteiger partial charge in [0.25, 0.3) is 11.7 Å². The van der Waals surface area contributed by atoms with Crippen molar-refractivity contribution in [3.05, 3.63) is 102 Å². The quantitative estimate of drug-likeness (QED) is 0.0962. The normalized spacial score (nSPS) is 13.6. The Kier molecular flexibility index (Phi) is 9.53. The van der Waals surface area contributed by atoms with Crippen LogP contribution in [0.3, 0.4) is 0 Å². The highest BCUT2D eigenvalue weighted by Gasteiger charge is 2.40. The molecular formula is C40H33F3N8O5. The van der Waals surface area contributed by atoms with Crippen molar-refractivity contribution in [2.24, 2.45) is 0 Å². The van der Waals surface area contributed by atoms with E-state index in [1.54, 1.807) is 18.2 Å². The monoisotopic (exact) mass is 762 g/mol. The number of imidazole rings is 1. The lowest BCUT2D eigenvalue weighted by Gasteiger charge is -2.25. The van der Waals surface area contributed by atoms with Crippen molar-refractivity contribution in [3.8, 4) is 39.7 Å². The van der Waals surface area contributed by atoms with Crippen LogP contribution in [0.4, 0.5) is 13.2 Å². The molecule has 0 saturated heterocycles. The molecule has 4 N–H and O–H groups in total. The molecule has 0 aliphatic heterocycles. The number of tetrazole rings is 1. The van der Waals surface area contributed by atoms with E-state index in [2.05, 4.69) is 35.5 Å². The minimum absolute atomic E-state index is 0.112. The first-order valence-corrected chi connectivity index (χ1v) is 17.9. The smallest absolute Gasteiger partial charge is 0.454 e. The summed E-state index contributed by atoms with van der Waals surface area (Å²) in [7, 11) is 0. The minimum Gasteiger partial charge on any atom is -0.489 e. The molecule has 4 aromatic carbocycles. The van der Waals surface area contributed by atoms with Crippen LogP contribution >= 0.6 is 0 Å². The molecule has 16 heteroatoms. The van der Waals surface area contributed by atoms with Gasteiger partial charge in [0.2, 0.25) is 5.82 Å². The zero-order valence-corrected chi connectivity index (χ0v) is 29.6. The molecule has 56 heavy (non-hydrogen) atoms. The molecule has 1 aliphatic rings. The molecule has 13 nitrogen and oxygen atoms in total. The maximum absolute atomic E-state index is 13.7. The molecule has 1 aliphatic carbocycles. The SMILES string of the molecule is O=C(O)CNC(=O)c1ccc(-c2cc(C(=O)C(F)(F)F)c3cc[nH]c3c2)c(COc2ccc(-c3nc4cc(-c5nn[nH]n5)ccc4n3C3CCCCC3)cc2)c1. The van der Waals surface area contributed by atoms with Gasteiger partial charge in [0, 0.05) is 45.4 Å². The molecule has 0 bridgehead atoms.